The van der Waals surface area contributed by atoms with Crippen LogP contribution < -0.4 is 0 Å². The average Bonchev–Trinajstić information content (AvgIpc) is 1.88. The maximum absolute atomic E-state index is 9.75. The van der Waals surface area contributed by atoms with E-state index >= 15 is 0 Å². The van der Waals surface area contributed by atoms with Crippen molar-refractivity contribution in [1.82, 2.24) is 0 Å². The molecule has 0 saturated carbocycles. The van der Waals surface area contributed by atoms with Crippen molar-refractivity contribution in [3.8, 4) is 0 Å². The molecular weight excluding hydrogens is 383 g/mol. The standard InChI is InChI=1S/C3H6O3S.3BF4.Li.H/c1-2-3-7(4,5)6;3*2-1(3,4)5;;/h2H,1,3H2,(H,4,5,6);;;;;/q;3*-1;;. The van der Waals surface area contributed by atoms with Crippen LogP contribution in [0.3, 0.4) is 0 Å². The summed E-state index contributed by atoms with van der Waals surface area (Å²) in [5.41, 5.74) is 0. The van der Waals surface area contributed by atoms with Crippen LogP contribution in [0.4, 0.5) is 51.8 Å². The first kappa shape index (κ1) is 34.0. The molecule has 0 radical (unpaired) electrons. The summed E-state index contributed by atoms with van der Waals surface area (Å²) in [4.78, 5) is 0. The van der Waals surface area contributed by atoms with Crippen LogP contribution in [0.15, 0.2) is 12.7 Å². The van der Waals surface area contributed by atoms with E-state index in [1.165, 1.54) is 0 Å². The molecule has 0 amide bonds. The summed E-state index contributed by atoms with van der Waals surface area (Å²) in [7, 11) is -21.8. The van der Waals surface area contributed by atoms with Gasteiger partial charge >= 0.3 is 40.6 Å². The third kappa shape index (κ3) is 640. The van der Waals surface area contributed by atoms with Crippen molar-refractivity contribution in [3.05, 3.63) is 12.7 Å². The molecule has 140 valence electrons. The molecule has 20 heteroatoms. The molecule has 23 heavy (non-hydrogen) atoms. The quantitative estimate of drug-likeness (QED) is 0.341. The Morgan fingerprint density at radius 1 is 0.739 bits per heavy atom. The minimum atomic E-state index is -6.00. The zero-order valence-corrected chi connectivity index (χ0v) is 10.7. The van der Waals surface area contributed by atoms with Gasteiger partial charge in [0.1, 0.15) is 0 Å². The van der Waals surface area contributed by atoms with E-state index in [1.54, 1.807) is 0 Å². The van der Waals surface area contributed by atoms with E-state index in [-0.39, 0.29) is 24.6 Å². The fourth-order valence-corrected chi connectivity index (χ4v) is 0.447. The van der Waals surface area contributed by atoms with Gasteiger partial charge in [-0.25, -0.2) is 0 Å². The Hall–Kier alpha value is -0.398. The fraction of sp³-hybridized carbons (Fsp3) is 0.333. The molecule has 0 heterocycles. The Morgan fingerprint density at radius 3 is 0.870 bits per heavy atom. The molecule has 0 bridgehead atoms. The summed E-state index contributed by atoms with van der Waals surface area (Å²) in [6.07, 6.45) is 1.12. The van der Waals surface area contributed by atoms with E-state index in [1.807, 2.05) is 0 Å². The van der Waals surface area contributed by atoms with E-state index in [0.29, 0.717) is 0 Å². The Bertz CT molecular complexity index is 329. The third-order valence-corrected chi connectivity index (χ3v) is 0.985. The molecular formula is C3H7B3F12LiO3S-3. The van der Waals surface area contributed by atoms with Gasteiger partial charge in [-0.1, -0.05) is 6.08 Å². The molecule has 0 aromatic rings. The first-order chi connectivity index (χ1) is 9.06. The summed E-state index contributed by atoms with van der Waals surface area (Å²) in [6.45, 7) is 3.11. The molecule has 0 aromatic carbocycles. The third-order valence-electron chi connectivity index (χ3n) is 0.328. The van der Waals surface area contributed by atoms with Crippen LogP contribution in [-0.2, 0) is 10.1 Å². The van der Waals surface area contributed by atoms with Crippen LogP contribution in [-0.4, -0.2) is 59.3 Å². The molecule has 0 fully saturated rings. The first-order valence-electron chi connectivity index (χ1n) is 4.24. The van der Waals surface area contributed by atoms with Gasteiger partial charge < -0.3 is 51.8 Å². The molecule has 0 atom stereocenters. The Labute approximate surface area is 134 Å². The van der Waals surface area contributed by atoms with Gasteiger partial charge in [0.2, 0.25) is 0 Å². The predicted octanol–water partition coefficient (Wildman–Crippen LogP) is 3.31. The second-order valence-corrected chi connectivity index (χ2v) is 4.02. The van der Waals surface area contributed by atoms with Crippen LogP contribution in [0, 0.1) is 0 Å². The van der Waals surface area contributed by atoms with Crippen LogP contribution in [0.25, 0.3) is 0 Å². The molecule has 0 saturated heterocycles. The van der Waals surface area contributed by atoms with E-state index in [0.717, 1.165) is 6.08 Å². The normalized spacial score (nSPS) is 11.2. The molecule has 0 aliphatic rings. The zero-order valence-electron chi connectivity index (χ0n) is 9.93. The summed E-state index contributed by atoms with van der Waals surface area (Å²) in [6, 6.07) is 0. The average molecular weight is 391 g/mol. The van der Waals surface area contributed by atoms with Crippen molar-refractivity contribution in [2.24, 2.45) is 0 Å². The van der Waals surface area contributed by atoms with Crippen LogP contribution in [0.1, 0.15) is 0 Å². The van der Waals surface area contributed by atoms with Gasteiger partial charge in [-0.2, -0.15) is 8.42 Å². The summed E-state index contributed by atoms with van der Waals surface area (Å²) in [5, 5.41) is 0. The predicted molar refractivity (Wildman–Crippen MR) is 64.3 cm³/mol. The van der Waals surface area contributed by atoms with E-state index in [4.69, 9.17) is 4.55 Å². The van der Waals surface area contributed by atoms with Gasteiger partial charge in [0.25, 0.3) is 10.1 Å². The maximum atomic E-state index is 9.75. The Balaban J connectivity index is -0.0000000625. The van der Waals surface area contributed by atoms with Crippen molar-refractivity contribution in [2.75, 3.05) is 5.75 Å². The minimum absolute atomic E-state index is 0. The van der Waals surface area contributed by atoms with Crippen LogP contribution in [0.5, 0.6) is 0 Å². The van der Waals surface area contributed by atoms with Gasteiger partial charge in [0.15, 0.2) is 0 Å². The van der Waals surface area contributed by atoms with Crippen LogP contribution in [0.2, 0.25) is 0 Å². The van der Waals surface area contributed by atoms with Crippen molar-refractivity contribution < 1.29 is 64.8 Å². The summed E-state index contributed by atoms with van der Waals surface area (Å²) in [5.74, 6) is -0.368. The second kappa shape index (κ2) is 14.0. The molecule has 0 aromatic heterocycles. The van der Waals surface area contributed by atoms with Crippen molar-refractivity contribution >= 4 is 50.7 Å². The zero-order chi connectivity index (χ0) is 19.4. The molecule has 0 aliphatic carbocycles. The molecule has 0 rings (SSSR count). The monoisotopic (exact) mass is 391 g/mol. The van der Waals surface area contributed by atoms with Gasteiger partial charge in [0.05, 0.1) is 5.75 Å². The topological polar surface area (TPSA) is 54.4 Å². The van der Waals surface area contributed by atoms with Gasteiger partial charge in [-0.3, -0.25) is 4.55 Å². The molecule has 0 spiro atoms. The number of hydrogen-bond donors (Lipinski definition) is 1. The second-order valence-electron chi connectivity index (χ2n) is 2.52. The Kier molecular flexibility index (Phi) is 20.7. The number of rotatable bonds is 2. The number of halogens is 12. The summed E-state index contributed by atoms with van der Waals surface area (Å²) >= 11 is 0. The van der Waals surface area contributed by atoms with Crippen molar-refractivity contribution in [1.29, 1.82) is 0 Å². The van der Waals surface area contributed by atoms with Gasteiger partial charge in [-0.15, -0.1) is 6.58 Å². The summed E-state index contributed by atoms with van der Waals surface area (Å²) < 4.78 is 144. The molecule has 0 aliphatic heterocycles. The van der Waals surface area contributed by atoms with Gasteiger partial charge in [0, 0.05) is 0 Å². The van der Waals surface area contributed by atoms with Crippen LogP contribution >= 0.6 is 0 Å². The number of hydrogen-bond acceptors (Lipinski definition) is 2. The fourth-order valence-electron chi connectivity index (χ4n) is 0.149. The first-order valence-corrected chi connectivity index (χ1v) is 5.85. The molecule has 3 nitrogen and oxygen atoms in total. The van der Waals surface area contributed by atoms with E-state index in [2.05, 4.69) is 6.58 Å². The molecule has 0 unspecified atom stereocenters. The van der Waals surface area contributed by atoms with Crippen molar-refractivity contribution in [2.45, 2.75) is 0 Å². The van der Waals surface area contributed by atoms with Gasteiger partial charge in [-0.05, 0) is 0 Å². The van der Waals surface area contributed by atoms with E-state index < -0.39 is 31.9 Å². The SMILES string of the molecule is C=CCS(=O)(=O)O.F[B-](F)(F)F.F[B-](F)(F)F.F[B-](F)(F)F.[LiH]. The Morgan fingerprint density at radius 2 is 0.870 bits per heavy atom. The molecule has 1 N–H and O–H groups in total. The van der Waals surface area contributed by atoms with Crippen molar-refractivity contribution in [3.63, 3.8) is 0 Å². The van der Waals surface area contributed by atoms with E-state index in [9.17, 15) is 60.2 Å².